The van der Waals surface area contributed by atoms with Crippen LogP contribution in [0.2, 0.25) is 0 Å². The fraction of sp³-hybridized carbons (Fsp3) is 0.261. The molecule has 0 spiro atoms. The first-order valence-electron chi connectivity index (χ1n) is 10.2. The second-order valence-corrected chi connectivity index (χ2v) is 9.77. The van der Waals surface area contributed by atoms with E-state index in [1.807, 2.05) is 12.2 Å². The Morgan fingerprint density at radius 3 is 2.25 bits per heavy atom. The maximum absolute atomic E-state index is 13.0. The van der Waals surface area contributed by atoms with Crippen LogP contribution in [-0.4, -0.2) is 44.6 Å². The molecule has 0 saturated carbocycles. The van der Waals surface area contributed by atoms with Gasteiger partial charge in [-0.25, -0.2) is 8.42 Å². The van der Waals surface area contributed by atoms with Gasteiger partial charge >= 0.3 is 0 Å². The molecule has 0 bridgehead atoms. The average Bonchev–Trinajstić information content (AvgIpc) is 3.04. The SMILES string of the molecule is CN(c1ccccc1)S(=O)(=O)c1cccc(NC(=O)CN2C(=O)[C@H]3CC=CC[C@H]3C2=O)c1. The number of sulfonamides is 1. The summed E-state index contributed by atoms with van der Waals surface area (Å²) in [7, 11) is -2.40. The van der Waals surface area contributed by atoms with Crippen LogP contribution in [0, 0.1) is 11.8 Å². The summed E-state index contributed by atoms with van der Waals surface area (Å²) in [4.78, 5) is 38.6. The molecule has 2 aliphatic rings. The lowest BCUT2D eigenvalue weighted by Gasteiger charge is -2.20. The number of imide groups is 1. The van der Waals surface area contributed by atoms with Crippen molar-refractivity contribution in [1.29, 1.82) is 0 Å². The molecule has 3 amide bonds. The third-order valence-electron chi connectivity index (χ3n) is 5.80. The quantitative estimate of drug-likeness (QED) is 0.534. The summed E-state index contributed by atoms with van der Waals surface area (Å²) in [6, 6.07) is 14.5. The smallest absolute Gasteiger partial charge is 0.264 e. The number of allylic oxidation sites excluding steroid dienone is 2. The summed E-state index contributed by atoms with van der Waals surface area (Å²) >= 11 is 0. The molecule has 1 N–H and O–H groups in total. The Kier molecular flexibility index (Phi) is 5.84. The van der Waals surface area contributed by atoms with Crippen molar-refractivity contribution in [2.24, 2.45) is 11.8 Å². The third-order valence-corrected chi connectivity index (χ3v) is 7.58. The number of para-hydroxylation sites is 1. The van der Waals surface area contributed by atoms with Gasteiger partial charge in [-0.1, -0.05) is 36.4 Å². The Labute approximate surface area is 186 Å². The molecule has 32 heavy (non-hydrogen) atoms. The normalized spacial score (nSPS) is 20.2. The molecule has 1 fully saturated rings. The fourth-order valence-corrected chi connectivity index (χ4v) is 5.28. The van der Waals surface area contributed by atoms with Gasteiger partial charge in [-0.3, -0.25) is 23.6 Å². The van der Waals surface area contributed by atoms with Gasteiger partial charge in [0.05, 0.1) is 22.4 Å². The number of rotatable bonds is 6. The Balaban J connectivity index is 1.47. The van der Waals surface area contributed by atoms with Gasteiger partial charge < -0.3 is 5.32 Å². The molecular formula is C23H23N3O5S. The molecule has 0 unspecified atom stereocenters. The molecule has 1 aliphatic carbocycles. The van der Waals surface area contributed by atoms with Crippen molar-refractivity contribution in [2.75, 3.05) is 23.2 Å². The highest BCUT2D eigenvalue weighted by Crippen LogP contribution is 2.35. The summed E-state index contributed by atoms with van der Waals surface area (Å²) < 4.78 is 27.1. The number of likely N-dealkylation sites (tertiary alicyclic amines) is 1. The number of benzene rings is 2. The number of amides is 3. The number of nitrogens with one attached hydrogen (secondary N) is 1. The van der Waals surface area contributed by atoms with Crippen molar-refractivity contribution in [3.05, 3.63) is 66.7 Å². The zero-order valence-electron chi connectivity index (χ0n) is 17.5. The van der Waals surface area contributed by atoms with Crippen LogP contribution in [0.15, 0.2) is 71.6 Å². The topological polar surface area (TPSA) is 104 Å². The molecule has 0 aromatic heterocycles. The number of hydrogen-bond donors (Lipinski definition) is 1. The van der Waals surface area contributed by atoms with Crippen molar-refractivity contribution in [3.63, 3.8) is 0 Å². The van der Waals surface area contributed by atoms with E-state index in [9.17, 15) is 22.8 Å². The number of anilines is 2. The van der Waals surface area contributed by atoms with E-state index < -0.39 is 34.3 Å². The first kappa shape index (κ1) is 21.8. The predicted molar refractivity (Wildman–Crippen MR) is 119 cm³/mol. The van der Waals surface area contributed by atoms with E-state index in [0.29, 0.717) is 18.5 Å². The Morgan fingerprint density at radius 1 is 1.00 bits per heavy atom. The maximum Gasteiger partial charge on any atom is 0.264 e. The van der Waals surface area contributed by atoms with E-state index in [0.717, 1.165) is 9.21 Å². The van der Waals surface area contributed by atoms with Gasteiger partial charge in [0.1, 0.15) is 6.54 Å². The number of carbonyl (C=O) groups is 3. The summed E-state index contributed by atoms with van der Waals surface area (Å²) in [6.45, 7) is -0.397. The number of hydrogen-bond acceptors (Lipinski definition) is 5. The molecule has 0 radical (unpaired) electrons. The molecule has 1 aliphatic heterocycles. The molecule has 1 heterocycles. The summed E-state index contributed by atoms with van der Waals surface area (Å²) in [5.74, 6) is -2.03. The van der Waals surface area contributed by atoms with E-state index >= 15 is 0 Å². The van der Waals surface area contributed by atoms with Gasteiger partial charge in [0.15, 0.2) is 0 Å². The molecule has 166 valence electrons. The Bertz CT molecular complexity index is 1170. The Morgan fingerprint density at radius 2 is 1.62 bits per heavy atom. The van der Waals surface area contributed by atoms with Crippen molar-refractivity contribution in [2.45, 2.75) is 17.7 Å². The standard InChI is InChI=1S/C23H23N3O5S/c1-25(17-9-3-2-4-10-17)32(30,31)18-11-7-8-16(14-18)24-21(27)15-26-22(28)19-12-5-6-13-20(19)23(26)29/h2-11,14,19-20H,12-13,15H2,1H3,(H,24,27)/t19-,20+. The average molecular weight is 454 g/mol. The second kappa shape index (κ2) is 8.58. The van der Waals surface area contributed by atoms with Crippen LogP contribution in [0.5, 0.6) is 0 Å². The van der Waals surface area contributed by atoms with Crippen molar-refractivity contribution in [3.8, 4) is 0 Å². The van der Waals surface area contributed by atoms with Crippen LogP contribution < -0.4 is 9.62 Å². The molecule has 8 nitrogen and oxygen atoms in total. The van der Waals surface area contributed by atoms with Crippen LogP contribution in [0.3, 0.4) is 0 Å². The zero-order chi connectivity index (χ0) is 22.9. The largest absolute Gasteiger partial charge is 0.324 e. The predicted octanol–water partition coefficient (Wildman–Crippen LogP) is 2.40. The lowest BCUT2D eigenvalue weighted by molar-refractivity contribution is -0.142. The molecule has 1 saturated heterocycles. The third kappa shape index (κ3) is 4.03. The van der Waals surface area contributed by atoms with Crippen molar-refractivity contribution >= 4 is 39.1 Å². The lowest BCUT2D eigenvalue weighted by Crippen LogP contribution is -2.38. The van der Waals surface area contributed by atoms with Gasteiger partial charge in [0.25, 0.3) is 10.0 Å². The lowest BCUT2D eigenvalue weighted by atomic mass is 9.85. The minimum absolute atomic E-state index is 0.00655. The molecule has 2 aromatic rings. The van der Waals surface area contributed by atoms with E-state index in [-0.39, 0.29) is 22.4 Å². The van der Waals surface area contributed by atoms with Crippen LogP contribution in [0.4, 0.5) is 11.4 Å². The zero-order valence-corrected chi connectivity index (χ0v) is 18.3. The van der Waals surface area contributed by atoms with E-state index in [2.05, 4.69) is 5.32 Å². The summed E-state index contributed by atoms with van der Waals surface area (Å²) in [6.07, 6.45) is 4.77. The van der Waals surface area contributed by atoms with E-state index in [1.165, 1.54) is 25.2 Å². The van der Waals surface area contributed by atoms with Crippen LogP contribution in [-0.2, 0) is 24.4 Å². The van der Waals surface area contributed by atoms with Crippen molar-refractivity contribution in [1.82, 2.24) is 4.90 Å². The molecule has 2 aromatic carbocycles. The fourth-order valence-electron chi connectivity index (χ4n) is 4.04. The first-order chi connectivity index (χ1) is 15.3. The summed E-state index contributed by atoms with van der Waals surface area (Å²) in [5, 5.41) is 2.60. The number of carbonyl (C=O) groups excluding carboxylic acids is 3. The minimum atomic E-state index is -3.85. The molecule has 9 heteroatoms. The Hall–Kier alpha value is -3.46. The molecular weight excluding hydrogens is 430 g/mol. The highest BCUT2D eigenvalue weighted by atomic mass is 32.2. The minimum Gasteiger partial charge on any atom is -0.324 e. The molecule has 2 atom stereocenters. The van der Waals surface area contributed by atoms with Gasteiger partial charge in [-0.05, 0) is 43.2 Å². The second-order valence-electron chi connectivity index (χ2n) is 7.80. The van der Waals surface area contributed by atoms with Crippen LogP contribution in [0.25, 0.3) is 0 Å². The van der Waals surface area contributed by atoms with Gasteiger partial charge in [-0.15, -0.1) is 0 Å². The van der Waals surface area contributed by atoms with Crippen LogP contribution >= 0.6 is 0 Å². The van der Waals surface area contributed by atoms with Crippen LogP contribution in [0.1, 0.15) is 12.8 Å². The van der Waals surface area contributed by atoms with Gasteiger partial charge in [0, 0.05) is 12.7 Å². The monoisotopic (exact) mass is 453 g/mol. The van der Waals surface area contributed by atoms with Gasteiger partial charge in [-0.2, -0.15) is 0 Å². The van der Waals surface area contributed by atoms with E-state index in [1.54, 1.807) is 36.4 Å². The van der Waals surface area contributed by atoms with Crippen molar-refractivity contribution < 1.29 is 22.8 Å². The maximum atomic E-state index is 13.0. The first-order valence-corrected chi connectivity index (χ1v) is 11.7. The number of nitrogens with zero attached hydrogens (tertiary/aromatic N) is 2. The summed E-state index contributed by atoms with van der Waals surface area (Å²) in [5.41, 5.74) is 0.764. The highest BCUT2D eigenvalue weighted by molar-refractivity contribution is 7.92. The number of fused-ring (bicyclic) bond motifs is 1. The van der Waals surface area contributed by atoms with E-state index in [4.69, 9.17) is 0 Å². The highest BCUT2D eigenvalue weighted by Gasteiger charge is 2.47. The molecule has 4 rings (SSSR count). The van der Waals surface area contributed by atoms with Gasteiger partial charge in [0.2, 0.25) is 17.7 Å².